The van der Waals surface area contributed by atoms with Gasteiger partial charge >= 0.3 is 0 Å². The Morgan fingerprint density at radius 3 is 2.71 bits per heavy atom. The zero-order valence-corrected chi connectivity index (χ0v) is 11.2. The van der Waals surface area contributed by atoms with Gasteiger partial charge < -0.3 is 10.4 Å². The average molecular weight is 235 g/mol. The lowest BCUT2D eigenvalue weighted by molar-refractivity contribution is 0.288. The van der Waals surface area contributed by atoms with Crippen molar-refractivity contribution < 1.29 is 5.11 Å². The van der Waals surface area contributed by atoms with Gasteiger partial charge in [0.05, 0.1) is 0 Å². The molecule has 2 nitrogen and oxygen atoms in total. The molecule has 0 aliphatic carbocycles. The maximum absolute atomic E-state index is 8.83. The molecular weight excluding hydrogens is 210 g/mol. The Kier molecular flexibility index (Phi) is 6.06. The zero-order chi connectivity index (χ0) is 12.7. The second kappa shape index (κ2) is 7.33. The van der Waals surface area contributed by atoms with Crippen molar-refractivity contribution in [3.8, 4) is 0 Å². The minimum atomic E-state index is 0.265. The molecule has 0 saturated carbocycles. The minimum absolute atomic E-state index is 0.265. The van der Waals surface area contributed by atoms with E-state index in [0.29, 0.717) is 12.0 Å². The van der Waals surface area contributed by atoms with E-state index in [4.69, 9.17) is 5.11 Å². The van der Waals surface area contributed by atoms with Crippen molar-refractivity contribution in [1.82, 2.24) is 0 Å². The minimum Gasteiger partial charge on any atom is -0.396 e. The van der Waals surface area contributed by atoms with Crippen LogP contribution >= 0.6 is 0 Å². The number of hydrogen-bond donors (Lipinski definition) is 2. The molecule has 0 radical (unpaired) electrons. The van der Waals surface area contributed by atoms with Crippen LogP contribution in [0.4, 0.5) is 5.69 Å². The van der Waals surface area contributed by atoms with Crippen LogP contribution in [0.15, 0.2) is 24.3 Å². The van der Waals surface area contributed by atoms with E-state index in [0.717, 1.165) is 12.8 Å². The fourth-order valence-corrected chi connectivity index (χ4v) is 1.86. The highest BCUT2D eigenvalue weighted by atomic mass is 16.2. The number of aliphatic hydroxyl groups excluding tert-OH is 1. The van der Waals surface area contributed by atoms with E-state index in [-0.39, 0.29) is 6.61 Å². The summed E-state index contributed by atoms with van der Waals surface area (Å²) >= 11 is 0. The molecule has 0 spiro atoms. The third kappa shape index (κ3) is 4.78. The van der Waals surface area contributed by atoms with E-state index in [1.165, 1.54) is 17.7 Å². The second-order valence-electron chi connectivity index (χ2n) is 4.85. The number of hydrogen-bond acceptors (Lipinski definition) is 2. The van der Waals surface area contributed by atoms with Gasteiger partial charge in [0.15, 0.2) is 0 Å². The summed E-state index contributed by atoms with van der Waals surface area (Å²) in [5.41, 5.74) is 2.48. The van der Waals surface area contributed by atoms with Crippen LogP contribution in [0, 0.1) is 5.92 Å². The molecule has 2 N–H and O–H groups in total. The molecule has 0 heterocycles. The largest absolute Gasteiger partial charge is 0.396 e. The first-order valence-electron chi connectivity index (χ1n) is 6.63. The molecule has 2 unspecified atom stereocenters. The normalized spacial score (nSPS) is 14.4. The van der Waals surface area contributed by atoms with Crippen molar-refractivity contribution in [2.24, 2.45) is 5.92 Å². The van der Waals surface area contributed by atoms with E-state index in [1.807, 2.05) is 0 Å². The number of nitrogens with one attached hydrogen (secondary N) is 1. The Morgan fingerprint density at radius 2 is 2.06 bits per heavy atom. The predicted octanol–water partition coefficient (Wildman–Crippen LogP) is 3.46. The maximum atomic E-state index is 8.83. The monoisotopic (exact) mass is 235 g/mol. The first-order valence-corrected chi connectivity index (χ1v) is 6.63. The molecule has 0 aliphatic rings. The molecule has 17 heavy (non-hydrogen) atoms. The van der Waals surface area contributed by atoms with Gasteiger partial charge in [-0.2, -0.15) is 0 Å². The number of anilines is 1. The molecule has 2 atom stereocenters. The van der Waals surface area contributed by atoms with Crippen LogP contribution in [0.3, 0.4) is 0 Å². The summed E-state index contributed by atoms with van der Waals surface area (Å²) in [5.74, 6) is 0.677. The van der Waals surface area contributed by atoms with Crippen LogP contribution in [0.5, 0.6) is 0 Å². The van der Waals surface area contributed by atoms with Gasteiger partial charge in [-0.25, -0.2) is 0 Å². The SMILES string of the molecule is CCC(C)C(C)Nc1cccc(CCCO)c1. The molecule has 96 valence electrons. The molecular formula is C15H25NO. The Balaban J connectivity index is 2.58. The lowest BCUT2D eigenvalue weighted by Gasteiger charge is -2.21. The van der Waals surface area contributed by atoms with Crippen molar-refractivity contribution in [3.05, 3.63) is 29.8 Å². The van der Waals surface area contributed by atoms with Crippen molar-refractivity contribution >= 4 is 5.69 Å². The quantitative estimate of drug-likeness (QED) is 0.758. The highest BCUT2D eigenvalue weighted by Crippen LogP contribution is 2.17. The molecule has 0 saturated heterocycles. The average Bonchev–Trinajstić information content (AvgIpc) is 2.35. The van der Waals surface area contributed by atoms with E-state index in [2.05, 4.69) is 50.4 Å². The smallest absolute Gasteiger partial charge is 0.0434 e. The molecule has 0 bridgehead atoms. The third-order valence-corrected chi connectivity index (χ3v) is 3.44. The molecule has 0 fully saturated rings. The molecule has 0 amide bonds. The van der Waals surface area contributed by atoms with Crippen LogP contribution in [-0.4, -0.2) is 17.8 Å². The van der Waals surface area contributed by atoms with Gasteiger partial charge in [-0.3, -0.25) is 0 Å². The van der Waals surface area contributed by atoms with Crippen molar-refractivity contribution in [1.29, 1.82) is 0 Å². The van der Waals surface area contributed by atoms with Gasteiger partial charge in [0.25, 0.3) is 0 Å². The van der Waals surface area contributed by atoms with E-state index in [9.17, 15) is 0 Å². The molecule has 2 heteroatoms. The van der Waals surface area contributed by atoms with Crippen molar-refractivity contribution in [3.63, 3.8) is 0 Å². The lowest BCUT2D eigenvalue weighted by atomic mass is 10.0. The first-order chi connectivity index (χ1) is 8.17. The number of rotatable bonds is 7. The van der Waals surface area contributed by atoms with Crippen LogP contribution in [0.1, 0.15) is 39.2 Å². The van der Waals surface area contributed by atoms with E-state index >= 15 is 0 Å². The molecule has 1 aromatic carbocycles. The van der Waals surface area contributed by atoms with Gasteiger partial charge in [0, 0.05) is 18.3 Å². The summed E-state index contributed by atoms with van der Waals surface area (Å²) in [6, 6.07) is 9.00. The second-order valence-corrected chi connectivity index (χ2v) is 4.85. The van der Waals surface area contributed by atoms with Crippen LogP contribution in [-0.2, 0) is 6.42 Å². The van der Waals surface area contributed by atoms with Gasteiger partial charge in [-0.1, -0.05) is 32.4 Å². The van der Waals surface area contributed by atoms with Crippen molar-refractivity contribution in [2.75, 3.05) is 11.9 Å². The summed E-state index contributed by atoms with van der Waals surface area (Å²) in [7, 11) is 0. The topological polar surface area (TPSA) is 32.3 Å². The number of aryl methyl sites for hydroxylation is 1. The number of benzene rings is 1. The van der Waals surface area contributed by atoms with E-state index < -0.39 is 0 Å². The predicted molar refractivity (Wildman–Crippen MR) is 74.4 cm³/mol. The zero-order valence-electron chi connectivity index (χ0n) is 11.2. The fourth-order valence-electron chi connectivity index (χ4n) is 1.86. The fraction of sp³-hybridized carbons (Fsp3) is 0.600. The summed E-state index contributed by atoms with van der Waals surface area (Å²) in [6.07, 6.45) is 2.98. The van der Waals surface area contributed by atoms with E-state index in [1.54, 1.807) is 0 Å². The van der Waals surface area contributed by atoms with Gasteiger partial charge in [-0.15, -0.1) is 0 Å². The lowest BCUT2D eigenvalue weighted by Crippen LogP contribution is -2.23. The highest BCUT2D eigenvalue weighted by Gasteiger charge is 2.09. The highest BCUT2D eigenvalue weighted by molar-refractivity contribution is 5.46. The van der Waals surface area contributed by atoms with Crippen LogP contribution in [0.25, 0.3) is 0 Å². The van der Waals surface area contributed by atoms with Crippen LogP contribution in [0.2, 0.25) is 0 Å². The standard InChI is InChI=1S/C15H25NO/c1-4-12(2)13(3)16-15-9-5-7-14(11-15)8-6-10-17/h5,7,9,11-13,16-17H,4,6,8,10H2,1-3H3. The molecule has 1 rings (SSSR count). The van der Waals surface area contributed by atoms with Crippen LogP contribution < -0.4 is 5.32 Å². The molecule has 0 aliphatic heterocycles. The molecule has 0 aromatic heterocycles. The summed E-state index contributed by atoms with van der Waals surface area (Å²) in [5, 5.41) is 12.4. The Hall–Kier alpha value is -1.02. The van der Waals surface area contributed by atoms with Gasteiger partial charge in [0.2, 0.25) is 0 Å². The first kappa shape index (κ1) is 14.0. The Morgan fingerprint density at radius 1 is 1.29 bits per heavy atom. The van der Waals surface area contributed by atoms with Crippen molar-refractivity contribution in [2.45, 2.75) is 46.1 Å². The summed E-state index contributed by atoms with van der Waals surface area (Å²) < 4.78 is 0. The van der Waals surface area contributed by atoms with Gasteiger partial charge in [0.1, 0.15) is 0 Å². The van der Waals surface area contributed by atoms with Gasteiger partial charge in [-0.05, 0) is 43.4 Å². The summed E-state index contributed by atoms with van der Waals surface area (Å²) in [6.45, 7) is 6.99. The third-order valence-electron chi connectivity index (χ3n) is 3.44. The molecule has 1 aromatic rings. The Bertz CT molecular complexity index is 324. The summed E-state index contributed by atoms with van der Waals surface area (Å²) in [4.78, 5) is 0. The maximum Gasteiger partial charge on any atom is 0.0434 e. The Labute approximate surface area is 105 Å². The number of aliphatic hydroxyl groups is 1.